The standard InChI is InChI=1S/C23H31N5O2/c1-24-23(27-14-12-26(13-15-27)22(29)21-10-6-16-30-21)25-17-20-9-5-11-28(20)18-19-7-3-2-4-8-19/h2-4,6-8,10,16,20H,5,9,11-15,17-18H2,1H3,(H,24,25). The number of carbonyl (C=O) groups is 1. The number of hydrogen-bond donors (Lipinski definition) is 1. The van der Waals surface area contributed by atoms with Crippen molar-refractivity contribution >= 4 is 11.9 Å². The molecule has 1 unspecified atom stereocenters. The van der Waals surface area contributed by atoms with Crippen LogP contribution in [0.4, 0.5) is 0 Å². The SMILES string of the molecule is CN=C(NCC1CCCN1Cc1ccccc1)N1CCN(C(=O)c2ccco2)CC1. The molecule has 1 amide bonds. The molecule has 2 fully saturated rings. The molecule has 1 aromatic carbocycles. The number of nitrogens with one attached hydrogen (secondary N) is 1. The highest BCUT2D eigenvalue weighted by Gasteiger charge is 2.27. The maximum atomic E-state index is 12.5. The number of likely N-dealkylation sites (tertiary alicyclic amines) is 1. The third-order valence-electron chi connectivity index (χ3n) is 6.03. The predicted octanol–water partition coefficient (Wildman–Crippen LogP) is 2.28. The Hall–Kier alpha value is -2.80. The normalized spacial score (nSPS) is 20.6. The van der Waals surface area contributed by atoms with Gasteiger partial charge in [0.2, 0.25) is 0 Å². The van der Waals surface area contributed by atoms with E-state index < -0.39 is 0 Å². The molecule has 30 heavy (non-hydrogen) atoms. The minimum atomic E-state index is -0.0369. The van der Waals surface area contributed by atoms with Gasteiger partial charge in [0.1, 0.15) is 0 Å². The van der Waals surface area contributed by atoms with Crippen molar-refractivity contribution in [2.45, 2.75) is 25.4 Å². The molecule has 1 atom stereocenters. The first kappa shape index (κ1) is 20.5. The van der Waals surface area contributed by atoms with E-state index in [1.807, 2.05) is 11.9 Å². The Balaban J connectivity index is 1.26. The van der Waals surface area contributed by atoms with Gasteiger partial charge in [0, 0.05) is 52.4 Å². The second kappa shape index (κ2) is 9.80. The summed E-state index contributed by atoms with van der Waals surface area (Å²) < 4.78 is 5.25. The van der Waals surface area contributed by atoms with E-state index in [2.05, 4.69) is 50.4 Å². The molecule has 0 bridgehead atoms. The summed E-state index contributed by atoms with van der Waals surface area (Å²) >= 11 is 0. The van der Waals surface area contributed by atoms with Gasteiger partial charge in [-0.25, -0.2) is 0 Å². The molecule has 0 spiro atoms. The van der Waals surface area contributed by atoms with Gasteiger partial charge in [-0.1, -0.05) is 30.3 Å². The van der Waals surface area contributed by atoms with Crippen molar-refractivity contribution in [1.82, 2.24) is 20.0 Å². The summed E-state index contributed by atoms with van der Waals surface area (Å²) in [5.74, 6) is 1.29. The number of guanidine groups is 1. The molecular formula is C23H31N5O2. The van der Waals surface area contributed by atoms with E-state index in [-0.39, 0.29) is 5.91 Å². The first-order valence-corrected chi connectivity index (χ1v) is 10.8. The number of rotatable bonds is 5. The second-order valence-corrected chi connectivity index (χ2v) is 7.94. The molecule has 0 aliphatic carbocycles. The Labute approximate surface area is 178 Å². The zero-order valence-corrected chi connectivity index (χ0v) is 17.7. The van der Waals surface area contributed by atoms with Gasteiger partial charge in [0.05, 0.1) is 6.26 Å². The molecule has 1 N–H and O–H groups in total. The van der Waals surface area contributed by atoms with Crippen molar-refractivity contribution < 1.29 is 9.21 Å². The van der Waals surface area contributed by atoms with Gasteiger partial charge in [-0.05, 0) is 37.1 Å². The number of amides is 1. The third kappa shape index (κ3) is 4.84. The number of carbonyl (C=O) groups excluding carboxylic acids is 1. The van der Waals surface area contributed by atoms with E-state index in [1.165, 1.54) is 18.4 Å². The van der Waals surface area contributed by atoms with Crippen LogP contribution in [0.2, 0.25) is 0 Å². The summed E-state index contributed by atoms with van der Waals surface area (Å²) in [6, 6.07) is 14.7. The zero-order chi connectivity index (χ0) is 20.8. The number of aliphatic imine (C=N–C) groups is 1. The van der Waals surface area contributed by atoms with Gasteiger partial charge in [0.25, 0.3) is 5.91 Å². The highest BCUT2D eigenvalue weighted by atomic mass is 16.3. The Morgan fingerprint density at radius 3 is 2.53 bits per heavy atom. The third-order valence-corrected chi connectivity index (χ3v) is 6.03. The van der Waals surface area contributed by atoms with E-state index >= 15 is 0 Å². The number of nitrogens with zero attached hydrogens (tertiary/aromatic N) is 4. The van der Waals surface area contributed by atoms with Crippen LogP contribution in [0.3, 0.4) is 0 Å². The van der Waals surface area contributed by atoms with Crippen LogP contribution >= 0.6 is 0 Å². The molecule has 2 aliphatic heterocycles. The minimum Gasteiger partial charge on any atom is -0.459 e. The van der Waals surface area contributed by atoms with Gasteiger partial charge in [-0.3, -0.25) is 14.7 Å². The molecule has 2 saturated heterocycles. The highest BCUT2D eigenvalue weighted by Crippen LogP contribution is 2.19. The largest absolute Gasteiger partial charge is 0.459 e. The summed E-state index contributed by atoms with van der Waals surface area (Å²) in [5, 5.41) is 3.58. The number of hydrogen-bond acceptors (Lipinski definition) is 4. The Morgan fingerprint density at radius 2 is 1.83 bits per heavy atom. The Bertz CT molecular complexity index is 829. The van der Waals surface area contributed by atoms with Crippen LogP contribution < -0.4 is 5.32 Å². The molecule has 4 rings (SSSR count). The first-order chi connectivity index (χ1) is 14.7. The van der Waals surface area contributed by atoms with Crippen molar-refractivity contribution in [3.8, 4) is 0 Å². The van der Waals surface area contributed by atoms with Crippen LogP contribution in [0.1, 0.15) is 29.0 Å². The Kier molecular flexibility index (Phi) is 6.69. The molecule has 3 heterocycles. The van der Waals surface area contributed by atoms with Crippen LogP contribution in [-0.4, -0.2) is 78.9 Å². The van der Waals surface area contributed by atoms with Crippen molar-refractivity contribution in [2.75, 3.05) is 46.3 Å². The van der Waals surface area contributed by atoms with Gasteiger partial charge < -0.3 is 19.5 Å². The highest BCUT2D eigenvalue weighted by molar-refractivity contribution is 5.91. The van der Waals surface area contributed by atoms with E-state index in [9.17, 15) is 4.79 Å². The van der Waals surface area contributed by atoms with E-state index in [0.29, 0.717) is 24.9 Å². The zero-order valence-electron chi connectivity index (χ0n) is 17.7. The van der Waals surface area contributed by atoms with Crippen LogP contribution in [0, 0.1) is 0 Å². The maximum absolute atomic E-state index is 12.5. The Morgan fingerprint density at radius 1 is 1.07 bits per heavy atom. The van der Waals surface area contributed by atoms with Gasteiger partial charge in [-0.15, -0.1) is 0 Å². The number of benzene rings is 1. The second-order valence-electron chi connectivity index (χ2n) is 7.94. The lowest BCUT2D eigenvalue weighted by molar-refractivity contribution is 0.0657. The lowest BCUT2D eigenvalue weighted by Crippen LogP contribution is -2.55. The average molecular weight is 410 g/mol. The summed E-state index contributed by atoms with van der Waals surface area (Å²) in [7, 11) is 1.83. The van der Waals surface area contributed by atoms with Gasteiger partial charge in [-0.2, -0.15) is 0 Å². The summed E-state index contributed by atoms with van der Waals surface area (Å²) in [6.07, 6.45) is 3.99. The lowest BCUT2D eigenvalue weighted by atomic mass is 10.2. The summed E-state index contributed by atoms with van der Waals surface area (Å²) in [5.41, 5.74) is 1.37. The van der Waals surface area contributed by atoms with Crippen molar-refractivity contribution in [3.05, 3.63) is 60.1 Å². The minimum absolute atomic E-state index is 0.0369. The molecule has 1 aromatic heterocycles. The predicted molar refractivity (Wildman–Crippen MR) is 117 cm³/mol. The van der Waals surface area contributed by atoms with Crippen LogP contribution in [0.25, 0.3) is 0 Å². The van der Waals surface area contributed by atoms with Crippen LogP contribution in [0.5, 0.6) is 0 Å². The van der Waals surface area contributed by atoms with Crippen LogP contribution in [-0.2, 0) is 6.54 Å². The molecular weight excluding hydrogens is 378 g/mol. The monoisotopic (exact) mass is 409 g/mol. The summed E-state index contributed by atoms with van der Waals surface area (Å²) in [4.78, 5) is 23.6. The fourth-order valence-electron chi connectivity index (χ4n) is 4.37. The van der Waals surface area contributed by atoms with Crippen LogP contribution in [0.15, 0.2) is 58.1 Å². The topological polar surface area (TPSA) is 64.3 Å². The molecule has 7 heteroatoms. The lowest BCUT2D eigenvalue weighted by Gasteiger charge is -2.36. The fraction of sp³-hybridized carbons (Fsp3) is 0.478. The fourth-order valence-corrected chi connectivity index (χ4v) is 4.37. The molecule has 160 valence electrons. The average Bonchev–Trinajstić information content (AvgIpc) is 3.47. The van der Waals surface area contributed by atoms with E-state index in [0.717, 1.165) is 38.7 Å². The number of piperazine rings is 1. The maximum Gasteiger partial charge on any atom is 0.289 e. The smallest absolute Gasteiger partial charge is 0.289 e. The molecule has 2 aliphatic rings. The molecule has 0 radical (unpaired) electrons. The quantitative estimate of drug-likeness (QED) is 0.606. The first-order valence-electron chi connectivity index (χ1n) is 10.8. The van der Waals surface area contributed by atoms with Crippen molar-refractivity contribution in [2.24, 2.45) is 4.99 Å². The van der Waals surface area contributed by atoms with Crippen molar-refractivity contribution in [1.29, 1.82) is 0 Å². The number of furan rings is 1. The van der Waals surface area contributed by atoms with Gasteiger partial charge in [0.15, 0.2) is 11.7 Å². The van der Waals surface area contributed by atoms with E-state index in [4.69, 9.17) is 4.42 Å². The molecule has 7 nitrogen and oxygen atoms in total. The molecule has 2 aromatic rings. The van der Waals surface area contributed by atoms with Crippen molar-refractivity contribution in [3.63, 3.8) is 0 Å². The molecule has 0 saturated carbocycles. The van der Waals surface area contributed by atoms with Gasteiger partial charge >= 0.3 is 0 Å². The van der Waals surface area contributed by atoms with E-state index in [1.54, 1.807) is 18.4 Å². The summed E-state index contributed by atoms with van der Waals surface area (Å²) in [6.45, 7) is 5.92.